The molecule has 0 amide bonds. The van der Waals surface area contributed by atoms with Crippen molar-refractivity contribution in [3.8, 4) is 6.07 Å². The molecular formula is C17H25N3. The second-order valence-electron chi connectivity index (χ2n) is 5.74. The van der Waals surface area contributed by atoms with Gasteiger partial charge in [-0.25, -0.2) is 0 Å². The van der Waals surface area contributed by atoms with Crippen molar-refractivity contribution < 1.29 is 0 Å². The van der Waals surface area contributed by atoms with Crippen LogP contribution >= 0.6 is 0 Å². The monoisotopic (exact) mass is 271 g/mol. The lowest BCUT2D eigenvalue weighted by atomic mass is 9.97. The third-order valence-corrected chi connectivity index (χ3v) is 4.05. The van der Waals surface area contributed by atoms with E-state index in [1.54, 1.807) is 0 Å². The van der Waals surface area contributed by atoms with Gasteiger partial charge in [0, 0.05) is 13.1 Å². The number of nitrogens with zero attached hydrogens (tertiary/aromatic N) is 2. The third kappa shape index (κ3) is 3.52. The summed E-state index contributed by atoms with van der Waals surface area (Å²) in [6, 6.07) is 8.37. The highest BCUT2D eigenvalue weighted by molar-refractivity contribution is 5.64. The fourth-order valence-electron chi connectivity index (χ4n) is 3.12. The van der Waals surface area contributed by atoms with Crippen LogP contribution in [0.15, 0.2) is 18.2 Å². The Labute approximate surface area is 122 Å². The molecule has 1 aromatic carbocycles. The highest BCUT2D eigenvalue weighted by atomic mass is 15.1. The van der Waals surface area contributed by atoms with Gasteiger partial charge in [0.15, 0.2) is 0 Å². The molecule has 108 valence electrons. The predicted octanol–water partition coefficient (Wildman–Crippen LogP) is 3.08. The van der Waals surface area contributed by atoms with Crippen LogP contribution in [0.2, 0.25) is 0 Å². The molecule has 0 aromatic heterocycles. The first-order valence-electron chi connectivity index (χ1n) is 7.71. The van der Waals surface area contributed by atoms with Crippen molar-refractivity contribution in [1.29, 1.82) is 5.26 Å². The zero-order chi connectivity index (χ0) is 14.4. The first-order chi connectivity index (χ1) is 9.76. The molecular weight excluding hydrogens is 246 g/mol. The van der Waals surface area contributed by atoms with Gasteiger partial charge in [0.25, 0.3) is 0 Å². The number of para-hydroxylation sites is 1. The molecule has 0 radical (unpaired) electrons. The molecule has 20 heavy (non-hydrogen) atoms. The first kappa shape index (κ1) is 14.9. The molecule has 1 aliphatic rings. The van der Waals surface area contributed by atoms with Crippen LogP contribution in [-0.2, 0) is 0 Å². The van der Waals surface area contributed by atoms with Gasteiger partial charge in [0.2, 0.25) is 0 Å². The molecule has 1 fully saturated rings. The van der Waals surface area contributed by atoms with Crippen LogP contribution in [0, 0.1) is 24.2 Å². The highest BCUT2D eigenvalue weighted by Crippen LogP contribution is 2.26. The second kappa shape index (κ2) is 7.31. The van der Waals surface area contributed by atoms with E-state index in [0.29, 0.717) is 5.92 Å². The van der Waals surface area contributed by atoms with E-state index in [1.165, 1.54) is 18.4 Å². The van der Waals surface area contributed by atoms with Gasteiger partial charge in [-0.2, -0.15) is 5.26 Å². The van der Waals surface area contributed by atoms with E-state index in [2.05, 4.69) is 36.2 Å². The predicted molar refractivity (Wildman–Crippen MR) is 84.0 cm³/mol. The quantitative estimate of drug-likeness (QED) is 0.894. The van der Waals surface area contributed by atoms with Crippen molar-refractivity contribution >= 4 is 5.69 Å². The zero-order valence-electron chi connectivity index (χ0n) is 12.7. The van der Waals surface area contributed by atoms with E-state index in [9.17, 15) is 5.26 Å². The van der Waals surface area contributed by atoms with Crippen LogP contribution in [0.1, 0.15) is 37.3 Å². The molecule has 0 saturated carbocycles. The number of rotatable bonds is 5. The molecule has 2 rings (SSSR count). The molecule has 1 aromatic rings. The minimum Gasteiger partial charge on any atom is -0.370 e. The van der Waals surface area contributed by atoms with Crippen molar-refractivity contribution in [2.75, 3.05) is 31.1 Å². The zero-order valence-corrected chi connectivity index (χ0v) is 12.7. The normalized spacial score (nSPS) is 18.6. The van der Waals surface area contributed by atoms with Crippen LogP contribution in [-0.4, -0.2) is 26.2 Å². The number of piperidine rings is 1. The van der Waals surface area contributed by atoms with Gasteiger partial charge in [-0.15, -0.1) is 0 Å². The lowest BCUT2D eigenvalue weighted by molar-refractivity contribution is 0.376. The summed E-state index contributed by atoms with van der Waals surface area (Å²) in [5.74, 6) is 0.696. The number of aryl methyl sites for hydroxylation is 1. The van der Waals surface area contributed by atoms with Crippen molar-refractivity contribution in [2.24, 2.45) is 5.92 Å². The van der Waals surface area contributed by atoms with Gasteiger partial charge in [-0.1, -0.05) is 19.1 Å². The van der Waals surface area contributed by atoms with Gasteiger partial charge in [-0.05, 0) is 56.8 Å². The number of benzene rings is 1. The second-order valence-corrected chi connectivity index (χ2v) is 5.74. The maximum absolute atomic E-state index is 9.38. The minimum atomic E-state index is 0.696. The van der Waals surface area contributed by atoms with Gasteiger partial charge in [0.05, 0.1) is 11.3 Å². The lowest BCUT2D eigenvalue weighted by Gasteiger charge is -2.33. The average Bonchev–Trinajstić information content (AvgIpc) is 2.47. The summed E-state index contributed by atoms with van der Waals surface area (Å²) in [7, 11) is 0. The summed E-state index contributed by atoms with van der Waals surface area (Å²) in [6.07, 6.45) is 3.67. The summed E-state index contributed by atoms with van der Waals surface area (Å²) < 4.78 is 0. The fourth-order valence-corrected chi connectivity index (χ4v) is 3.12. The number of nitriles is 1. The maximum Gasteiger partial charge on any atom is 0.101 e. The van der Waals surface area contributed by atoms with E-state index in [4.69, 9.17) is 0 Å². The Morgan fingerprint density at radius 2 is 2.30 bits per heavy atom. The summed E-state index contributed by atoms with van der Waals surface area (Å²) >= 11 is 0. The van der Waals surface area contributed by atoms with Crippen molar-refractivity contribution in [3.63, 3.8) is 0 Å². The minimum absolute atomic E-state index is 0.696. The summed E-state index contributed by atoms with van der Waals surface area (Å²) in [5, 5.41) is 12.9. The molecule has 1 aliphatic heterocycles. The molecule has 1 unspecified atom stereocenters. The maximum atomic E-state index is 9.38. The van der Waals surface area contributed by atoms with E-state index in [-0.39, 0.29) is 0 Å². The number of hydrogen-bond acceptors (Lipinski definition) is 3. The average molecular weight is 271 g/mol. The molecule has 1 atom stereocenters. The molecule has 0 bridgehead atoms. The Balaban J connectivity index is 2.21. The third-order valence-electron chi connectivity index (χ3n) is 4.05. The Bertz CT molecular complexity index is 470. The largest absolute Gasteiger partial charge is 0.370 e. The van der Waals surface area contributed by atoms with Crippen molar-refractivity contribution in [1.82, 2.24) is 5.32 Å². The van der Waals surface area contributed by atoms with Crippen molar-refractivity contribution in [2.45, 2.75) is 33.1 Å². The summed E-state index contributed by atoms with van der Waals surface area (Å²) in [5.41, 5.74) is 3.16. The van der Waals surface area contributed by atoms with Gasteiger partial charge in [0.1, 0.15) is 6.07 Å². The van der Waals surface area contributed by atoms with Gasteiger partial charge < -0.3 is 10.2 Å². The number of hydrogen-bond donors (Lipinski definition) is 1. The van der Waals surface area contributed by atoms with Gasteiger partial charge in [-0.3, -0.25) is 0 Å². The molecule has 1 heterocycles. The van der Waals surface area contributed by atoms with E-state index in [0.717, 1.165) is 43.9 Å². The highest BCUT2D eigenvalue weighted by Gasteiger charge is 2.19. The molecule has 3 heteroatoms. The number of anilines is 1. The summed E-state index contributed by atoms with van der Waals surface area (Å²) in [6.45, 7) is 8.65. The standard InChI is InChI=1S/C17H25N3/c1-3-10-20(13-15-7-5-9-19-12-15)17-14(2)6-4-8-16(17)11-18/h4,6,8,15,19H,3,5,7,9-10,12-13H2,1-2H3. The molecule has 1 saturated heterocycles. The Hall–Kier alpha value is -1.53. The van der Waals surface area contributed by atoms with E-state index in [1.807, 2.05) is 12.1 Å². The molecule has 1 N–H and O–H groups in total. The van der Waals surface area contributed by atoms with Crippen LogP contribution in [0.5, 0.6) is 0 Å². The van der Waals surface area contributed by atoms with E-state index < -0.39 is 0 Å². The SMILES string of the molecule is CCCN(CC1CCCNC1)c1c(C)cccc1C#N. The molecule has 0 aliphatic carbocycles. The Morgan fingerprint density at radius 1 is 1.45 bits per heavy atom. The first-order valence-corrected chi connectivity index (χ1v) is 7.71. The van der Waals surface area contributed by atoms with Crippen LogP contribution in [0.3, 0.4) is 0 Å². The van der Waals surface area contributed by atoms with E-state index >= 15 is 0 Å². The van der Waals surface area contributed by atoms with Crippen molar-refractivity contribution in [3.05, 3.63) is 29.3 Å². The summed E-state index contributed by atoms with van der Waals surface area (Å²) in [4.78, 5) is 2.42. The lowest BCUT2D eigenvalue weighted by Crippen LogP contribution is -2.39. The Morgan fingerprint density at radius 3 is 2.95 bits per heavy atom. The molecule has 3 nitrogen and oxygen atoms in total. The smallest absolute Gasteiger partial charge is 0.101 e. The van der Waals surface area contributed by atoms with Gasteiger partial charge >= 0.3 is 0 Å². The van der Waals surface area contributed by atoms with Crippen LogP contribution < -0.4 is 10.2 Å². The fraction of sp³-hybridized carbons (Fsp3) is 0.588. The Kier molecular flexibility index (Phi) is 5.43. The number of nitrogens with one attached hydrogen (secondary N) is 1. The molecule has 0 spiro atoms. The van der Waals surface area contributed by atoms with Crippen LogP contribution in [0.4, 0.5) is 5.69 Å². The van der Waals surface area contributed by atoms with Crippen LogP contribution in [0.25, 0.3) is 0 Å². The topological polar surface area (TPSA) is 39.1 Å².